The fourth-order valence-electron chi connectivity index (χ4n) is 4.65. The summed E-state index contributed by atoms with van der Waals surface area (Å²) in [4.78, 5) is 12.5. The van der Waals surface area contributed by atoms with Crippen LogP contribution in [0.15, 0.2) is 36.4 Å². The van der Waals surface area contributed by atoms with E-state index in [0.717, 1.165) is 52.5 Å². The normalized spacial score (nSPS) is 14.4. The summed E-state index contributed by atoms with van der Waals surface area (Å²) in [7, 11) is 3.25. The average molecular weight is 557 g/mol. The number of Topliss-reactive ketones (excluding diaryl/α,β-unsaturated/α-hetero) is 1. The number of halogens is 6. The van der Waals surface area contributed by atoms with Crippen molar-refractivity contribution in [3.63, 3.8) is 0 Å². The molecule has 0 amide bonds. The number of ketones is 1. The van der Waals surface area contributed by atoms with Crippen LogP contribution in [0.2, 0.25) is 0 Å². The summed E-state index contributed by atoms with van der Waals surface area (Å²) in [6, 6.07) is 4.91. The molecule has 0 bridgehead atoms. The van der Waals surface area contributed by atoms with E-state index in [1.165, 1.54) is 0 Å². The second-order valence-electron chi connectivity index (χ2n) is 8.61. The van der Waals surface area contributed by atoms with Crippen LogP contribution in [-0.4, -0.2) is 39.7 Å². The lowest BCUT2D eigenvalue weighted by molar-refractivity contribution is 0.101. The first-order valence-corrected chi connectivity index (χ1v) is 11.4. The Morgan fingerprint density at radius 2 is 0.974 bits per heavy atom. The van der Waals surface area contributed by atoms with Gasteiger partial charge in [-0.25, -0.2) is 26.3 Å². The molecule has 0 radical (unpaired) electrons. The average Bonchev–Trinajstić information content (AvgIpc) is 2.83. The van der Waals surface area contributed by atoms with Crippen molar-refractivity contribution in [3.05, 3.63) is 87.5 Å². The van der Waals surface area contributed by atoms with Crippen LogP contribution in [0.5, 0.6) is 17.2 Å². The molecule has 0 fully saturated rings. The van der Waals surface area contributed by atoms with Crippen LogP contribution in [-0.2, 0) is 0 Å². The van der Waals surface area contributed by atoms with Crippen LogP contribution in [0.3, 0.4) is 0 Å². The Kier molecular flexibility index (Phi) is 9.13. The van der Waals surface area contributed by atoms with E-state index < -0.39 is 65.0 Å². The number of ether oxygens (including phenoxy) is 3. The molecule has 12 heteroatoms. The first-order chi connectivity index (χ1) is 18.4. The highest BCUT2D eigenvalue weighted by Gasteiger charge is 2.36. The van der Waals surface area contributed by atoms with Gasteiger partial charge in [-0.15, -0.1) is 0 Å². The van der Waals surface area contributed by atoms with Gasteiger partial charge in [0, 0.05) is 39.9 Å². The lowest BCUT2D eigenvalue weighted by Gasteiger charge is -2.29. The Bertz CT molecular complexity index is 1290. The summed E-state index contributed by atoms with van der Waals surface area (Å²) in [5.41, 5.74) is 9.89. The number of benzene rings is 3. The van der Waals surface area contributed by atoms with Gasteiger partial charge >= 0.3 is 0 Å². The number of nitrogens with two attached hydrogens (primary N) is 2. The summed E-state index contributed by atoms with van der Waals surface area (Å²) in [6.07, 6.45) is -4.72. The Morgan fingerprint density at radius 3 is 1.26 bits per heavy atom. The van der Waals surface area contributed by atoms with Crippen molar-refractivity contribution >= 4 is 5.78 Å². The van der Waals surface area contributed by atoms with Crippen LogP contribution < -0.4 is 25.7 Å². The Labute approximate surface area is 220 Å². The maximum Gasteiger partial charge on any atom is 0.168 e. The van der Waals surface area contributed by atoms with Crippen LogP contribution >= 0.6 is 0 Å². The zero-order valence-electron chi connectivity index (χ0n) is 21.3. The number of carbonyl (C=O) groups excluding carboxylic acids is 1. The molecule has 4 atom stereocenters. The number of hydrogen-bond acceptors (Lipinski definition) is 6. The lowest BCUT2D eigenvalue weighted by atomic mass is 9.81. The largest absolute Gasteiger partial charge is 0.496 e. The quantitative estimate of drug-likeness (QED) is 0.201. The van der Waals surface area contributed by atoms with E-state index in [0.29, 0.717) is 12.1 Å². The number of methoxy groups -OCH3 is 3. The number of hydrogen-bond donors (Lipinski definition) is 2. The van der Waals surface area contributed by atoms with Crippen molar-refractivity contribution in [1.82, 2.24) is 0 Å². The molecule has 3 aromatic rings. The third kappa shape index (κ3) is 5.81. The van der Waals surface area contributed by atoms with E-state index in [4.69, 9.17) is 25.7 Å². The van der Waals surface area contributed by atoms with Gasteiger partial charge in [0.2, 0.25) is 0 Å². The molecule has 0 aliphatic rings. The Morgan fingerprint density at radius 1 is 0.641 bits per heavy atom. The van der Waals surface area contributed by atoms with Gasteiger partial charge in [0.25, 0.3) is 0 Å². The fraction of sp³-hybridized carbons (Fsp3) is 0.296. The summed E-state index contributed by atoms with van der Waals surface area (Å²) in [6.45, 7) is 1.15. The predicted octanol–water partition coefficient (Wildman–Crippen LogP) is 5.24. The molecule has 4 N–H and O–H groups in total. The molecule has 3 aromatic carbocycles. The SMILES string of the molecule is COc1c(F)cc(F)cc1C(c1cc(C(C)=O)cc(C(c2cc(F)cc(F)c2OC)C(N)F)c1OC)C(N)F. The van der Waals surface area contributed by atoms with Crippen molar-refractivity contribution in [2.75, 3.05) is 21.3 Å². The van der Waals surface area contributed by atoms with Crippen LogP contribution in [0.4, 0.5) is 26.3 Å². The number of rotatable bonds is 10. The predicted molar refractivity (Wildman–Crippen MR) is 131 cm³/mol. The molecule has 210 valence electrons. The zero-order chi connectivity index (χ0) is 29.2. The van der Waals surface area contributed by atoms with E-state index in [9.17, 15) is 22.4 Å². The standard InChI is InChI=1S/C27H26F6N2O4/c1-11(36)12-5-15(21(26(32)34)17-7-13(28)9-19(30)24(17)38-3)23(37-2)16(6-12)22(27(33)35)18-8-14(29)10-20(31)25(18)39-4/h5-10,21-22,26-27H,34-35H2,1-4H3. The van der Waals surface area contributed by atoms with E-state index >= 15 is 8.78 Å². The molecular formula is C27H26F6N2O4. The van der Waals surface area contributed by atoms with E-state index in [-0.39, 0.29) is 33.6 Å². The van der Waals surface area contributed by atoms with Crippen LogP contribution in [0, 0.1) is 23.3 Å². The van der Waals surface area contributed by atoms with Crippen LogP contribution in [0.25, 0.3) is 0 Å². The zero-order valence-corrected chi connectivity index (χ0v) is 21.3. The van der Waals surface area contributed by atoms with Gasteiger partial charge < -0.3 is 25.7 Å². The first-order valence-electron chi connectivity index (χ1n) is 11.4. The molecule has 0 aliphatic carbocycles. The highest BCUT2D eigenvalue weighted by Crippen LogP contribution is 2.47. The smallest absolute Gasteiger partial charge is 0.168 e. The first kappa shape index (κ1) is 29.8. The second kappa shape index (κ2) is 12.0. The van der Waals surface area contributed by atoms with Crippen molar-refractivity contribution < 1.29 is 45.3 Å². The minimum Gasteiger partial charge on any atom is -0.496 e. The molecule has 0 heterocycles. The highest BCUT2D eigenvalue weighted by atomic mass is 19.2. The van der Waals surface area contributed by atoms with E-state index in [1.54, 1.807) is 0 Å². The molecule has 0 aliphatic heterocycles. The molecular weight excluding hydrogens is 530 g/mol. The third-order valence-electron chi connectivity index (χ3n) is 6.22. The minimum absolute atomic E-state index is 0.135. The van der Waals surface area contributed by atoms with Crippen molar-refractivity contribution in [2.45, 2.75) is 31.4 Å². The molecule has 3 rings (SSSR count). The lowest BCUT2D eigenvalue weighted by Crippen LogP contribution is -2.28. The van der Waals surface area contributed by atoms with Gasteiger partial charge in [-0.1, -0.05) is 0 Å². The van der Waals surface area contributed by atoms with Crippen molar-refractivity contribution in [3.8, 4) is 17.2 Å². The maximum atomic E-state index is 15.1. The van der Waals surface area contributed by atoms with Crippen molar-refractivity contribution in [1.29, 1.82) is 0 Å². The van der Waals surface area contributed by atoms with E-state index in [2.05, 4.69) is 0 Å². The topological polar surface area (TPSA) is 96.8 Å². The maximum absolute atomic E-state index is 15.1. The van der Waals surface area contributed by atoms with Gasteiger partial charge in [-0.2, -0.15) is 0 Å². The molecule has 0 saturated carbocycles. The summed E-state index contributed by atoms with van der Waals surface area (Å²) < 4.78 is 103. The molecule has 0 spiro atoms. The minimum atomic E-state index is -2.36. The number of alkyl halides is 2. The van der Waals surface area contributed by atoms with Crippen molar-refractivity contribution in [2.24, 2.45) is 11.5 Å². The van der Waals surface area contributed by atoms with Crippen LogP contribution in [0.1, 0.15) is 51.4 Å². The third-order valence-corrected chi connectivity index (χ3v) is 6.22. The summed E-state index contributed by atoms with van der Waals surface area (Å²) in [5.74, 6) is -9.92. The molecule has 0 saturated heterocycles. The van der Waals surface area contributed by atoms with Gasteiger partial charge in [0.1, 0.15) is 17.4 Å². The molecule has 6 nitrogen and oxygen atoms in total. The molecule has 0 aromatic heterocycles. The molecule has 39 heavy (non-hydrogen) atoms. The van der Waals surface area contributed by atoms with Gasteiger partial charge in [-0.05, 0) is 31.2 Å². The monoisotopic (exact) mass is 556 g/mol. The Balaban J connectivity index is 2.48. The second-order valence-corrected chi connectivity index (χ2v) is 8.61. The highest BCUT2D eigenvalue weighted by molar-refractivity contribution is 5.95. The fourth-order valence-corrected chi connectivity index (χ4v) is 4.65. The summed E-state index contributed by atoms with van der Waals surface area (Å²) in [5, 5.41) is 0. The van der Waals surface area contributed by atoms with Gasteiger partial charge in [0.15, 0.2) is 41.5 Å². The molecule has 4 unspecified atom stereocenters. The van der Waals surface area contributed by atoms with Gasteiger partial charge in [-0.3, -0.25) is 4.79 Å². The Hall–Kier alpha value is -3.77. The van der Waals surface area contributed by atoms with E-state index in [1.807, 2.05) is 0 Å². The van der Waals surface area contributed by atoms with Gasteiger partial charge in [0.05, 0.1) is 33.2 Å². The summed E-state index contributed by atoms with van der Waals surface area (Å²) >= 11 is 0. The number of carbonyl (C=O) groups is 1.